The molecule has 3 N–H and O–H groups in total. The molecule has 184 valence electrons. The molecule has 0 aliphatic carbocycles. The standard InChI is InChI=1S/C27H28ClNO5S/c1-18-6-12-26(22(14-18)9-13-27(31)32)35(33,34)24-10-7-20(8-11-24)15-19(2)29-17-25(30)21-4-3-5-23(28)16-21/h3-14,16,19,25,29-30H,15,17H2,1-2H3,(H,31,32)/b13-9-/t19-,25-/m1/s1. The number of rotatable bonds is 10. The lowest BCUT2D eigenvalue weighted by atomic mass is 10.1. The predicted molar refractivity (Wildman–Crippen MR) is 137 cm³/mol. The van der Waals surface area contributed by atoms with E-state index in [-0.39, 0.29) is 15.8 Å². The number of aliphatic hydroxyl groups excluding tert-OH is 1. The highest BCUT2D eigenvalue weighted by Gasteiger charge is 2.21. The Labute approximate surface area is 210 Å². The molecule has 3 rings (SSSR count). The summed E-state index contributed by atoms with van der Waals surface area (Å²) in [6.45, 7) is 4.16. The summed E-state index contributed by atoms with van der Waals surface area (Å²) in [4.78, 5) is 11.1. The zero-order valence-corrected chi connectivity index (χ0v) is 21.1. The number of aliphatic hydroxyl groups is 1. The lowest BCUT2D eigenvalue weighted by molar-refractivity contribution is -0.131. The van der Waals surface area contributed by atoms with Crippen LogP contribution in [0.15, 0.2) is 82.6 Å². The van der Waals surface area contributed by atoms with Gasteiger partial charge in [0.1, 0.15) is 0 Å². The van der Waals surface area contributed by atoms with Crippen LogP contribution in [-0.4, -0.2) is 37.2 Å². The molecule has 2 atom stereocenters. The molecule has 0 saturated heterocycles. The van der Waals surface area contributed by atoms with E-state index in [0.29, 0.717) is 23.6 Å². The van der Waals surface area contributed by atoms with E-state index in [1.54, 1.807) is 54.6 Å². The van der Waals surface area contributed by atoms with Crippen LogP contribution in [-0.2, 0) is 21.1 Å². The minimum absolute atomic E-state index is 0.0381. The first kappa shape index (κ1) is 26.6. The summed E-state index contributed by atoms with van der Waals surface area (Å²) in [6, 6.07) is 18.6. The molecule has 0 heterocycles. The van der Waals surface area contributed by atoms with Crippen LogP contribution in [0.5, 0.6) is 0 Å². The molecule has 0 aromatic heterocycles. The Morgan fingerprint density at radius 2 is 1.80 bits per heavy atom. The topological polar surface area (TPSA) is 104 Å². The predicted octanol–water partition coefficient (Wildman–Crippen LogP) is 4.83. The first-order chi connectivity index (χ1) is 16.6. The van der Waals surface area contributed by atoms with Gasteiger partial charge in [0.25, 0.3) is 0 Å². The third-order valence-corrected chi connectivity index (χ3v) is 7.61. The quantitative estimate of drug-likeness (QED) is 0.335. The van der Waals surface area contributed by atoms with E-state index in [9.17, 15) is 18.3 Å². The summed E-state index contributed by atoms with van der Waals surface area (Å²) in [6.07, 6.45) is 2.17. The fourth-order valence-corrected chi connectivity index (χ4v) is 5.34. The number of carbonyl (C=O) groups is 1. The highest BCUT2D eigenvalue weighted by molar-refractivity contribution is 7.91. The van der Waals surface area contributed by atoms with Crippen LogP contribution in [0.1, 0.15) is 35.3 Å². The summed E-state index contributed by atoms with van der Waals surface area (Å²) in [5.41, 5.74) is 2.83. The average molecular weight is 514 g/mol. The fraction of sp³-hybridized carbons (Fsp3) is 0.222. The molecular formula is C27H28ClNO5S. The Bertz CT molecular complexity index is 1320. The number of hydrogen-bond donors (Lipinski definition) is 3. The average Bonchev–Trinajstić information content (AvgIpc) is 2.81. The second-order valence-electron chi connectivity index (χ2n) is 8.44. The molecular weight excluding hydrogens is 486 g/mol. The molecule has 0 radical (unpaired) electrons. The van der Waals surface area contributed by atoms with E-state index in [2.05, 4.69) is 5.32 Å². The zero-order chi connectivity index (χ0) is 25.6. The molecule has 6 nitrogen and oxygen atoms in total. The maximum atomic E-state index is 13.2. The van der Waals surface area contributed by atoms with E-state index in [0.717, 1.165) is 22.8 Å². The van der Waals surface area contributed by atoms with Gasteiger partial charge in [0.2, 0.25) is 9.84 Å². The minimum Gasteiger partial charge on any atom is -0.478 e. The van der Waals surface area contributed by atoms with Gasteiger partial charge in [-0.2, -0.15) is 0 Å². The lowest BCUT2D eigenvalue weighted by Crippen LogP contribution is -2.32. The van der Waals surface area contributed by atoms with Crippen LogP contribution in [0.2, 0.25) is 5.02 Å². The molecule has 0 unspecified atom stereocenters. The molecule has 0 aliphatic heterocycles. The van der Waals surface area contributed by atoms with Crippen LogP contribution in [0.25, 0.3) is 6.08 Å². The maximum Gasteiger partial charge on any atom is 0.328 e. The summed E-state index contributed by atoms with van der Waals surface area (Å²) in [7, 11) is -3.84. The van der Waals surface area contributed by atoms with Crippen LogP contribution >= 0.6 is 11.6 Å². The summed E-state index contributed by atoms with van der Waals surface area (Å²) in [5, 5.41) is 23.2. The monoisotopic (exact) mass is 513 g/mol. The minimum atomic E-state index is -3.84. The molecule has 0 amide bonds. The second kappa shape index (κ2) is 11.6. The van der Waals surface area contributed by atoms with Gasteiger partial charge >= 0.3 is 5.97 Å². The van der Waals surface area contributed by atoms with Crippen molar-refractivity contribution in [2.75, 3.05) is 6.54 Å². The molecule has 8 heteroatoms. The van der Waals surface area contributed by atoms with Crippen molar-refractivity contribution >= 4 is 33.5 Å². The van der Waals surface area contributed by atoms with Gasteiger partial charge in [-0.1, -0.05) is 53.6 Å². The van der Waals surface area contributed by atoms with E-state index < -0.39 is 21.9 Å². The smallest absolute Gasteiger partial charge is 0.328 e. The van der Waals surface area contributed by atoms with Gasteiger partial charge in [0.15, 0.2) is 0 Å². The van der Waals surface area contributed by atoms with Gasteiger partial charge in [0.05, 0.1) is 15.9 Å². The van der Waals surface area contributed by atoms with Crippen molar-refractivity contribution in [1.82, 2.24) is 5.32 Å². The molecule has 0 saturated carbocycles. The molecule has 0 bridgehead atoms. The molecule has 0 fully saturated rings. The van der Waals surface area contributed by atoms with Crippen molar-refractivity contribution in [3.05, 3.63) is 100 Å². The molecule has 3 aromatic carbocycles. The first-order valence-electron chi connectivity index (χ1n) is 11.1. The number of carboxylic acids is 1. The molecule has 3 aromatic rings. The number of nitrogens with one attached hydrogen (secondary N) is 1. The van der Waals surface area contributed by atoms with Crippen LogP contribution in [0, 0.1) is 6.92 Å². The SMILES string of the molecule is Cc1ccc(S(=O)(=O)c2ccc(C[C@@H](C)NC[C@@H](O)c3cccc(Cl)c3)cc2)c(/C=C\C(=O)O)c1. The van der Waals surface area contributed by atoms with E-state index in [1.807, 2.05) is 19.9 Å². The third-order valence-electron chi connectivity index (χ3n) is 5.53. The van der Waals surface area contributed by atoms with Gasteiger partial charge in [-0.05, 0) is 73.4 Å². The Morgan fingerprint density at radius 3 is 2.46 bits per heavy atom. The fourth-order valence-electron chi connectivity index (χ4n) is 3.71. The van der Waals surface area contributed by atoms with Gasteiger partial charge in [-0.25, -0.2) is 13.2 Å². The number of halogens is 1. The number of aryl methyl sites for hydroxylation is 1. The normalized spacial score (nSPS) is 13.6. The van der Waals surface area contributed by atoms with Gasteiger partial charge in [-0.15, -0.1) is 0 Å². The second-order valence-corrected chi connectivity index (χ2v) is 10.8. The van der Waals surface area contributed by atoms with Crippen molar-refractivity contribution in [1.29, 1.82) is 0 Å². The van der Waals surface area contributed by atoms with E-state index in [4.69, 9.17) is 16.7 Å². The van der Waals surface area contributed by atoms with E-state index in [1.165, 1.54) is 12.1 Å². The summed E-state index contributed by atoms with van der Waals surface area (Å²) in [5.74, 6) is -1.15. The Morgan fingerprint density at radius 1 is 1.09 bits per heavy atom. The molecule has 0 aliphatic rings. The van der Waals surface area contributed by atoms with Gasteiger partial charge in [0, 0.05) is 23.7 Å². The summed E-state index contributed by atoms with van der Waals surface area (Å²) < 4.78 is 26.5. The Balaban J connectivity index is 1.69. The highest BCUT2D eigenvalue weighted by Crippen LogP contribution is 2.26. The Kier molecular flexibility index (Phi) is 8.86. The number of benzene rings is 3. The van der Waals surface area contributed by atoms with Crippen LogP contribution in [0.4, 0.5) is 0 Å². The number of sulfone groups is 1. The van der Waals surface area contributed by atoms with Crippen molar-refractivity contribution in [3.63, 3.8) is 0 Å². The number of aliphatic carboxylic acids is 1. The molecule has 0 spiro atoms. The van der Waals surface area contributed by atoms with E-state index >= 15 is 0 Å². The Hall–Kier alpha value is -2.97. The highest BCUT2D eigenvalue weighted by atomic mass is 35.5. The maximum absolute atomic E-state index is 13.2. The van der Waals surface area contributed by atoms with Crippen LogP contribution in [0.3, 0.4) is 0 Å². The summed E-state index contributed by atoms with van der Waals surface area (Å²) >= 11 is 5.99. The molecule has 35 heavy (non-hydrogen) atoms. The number of carboxylic acid groups (broad SMARTS) is 1. The van der Waals surface area contributed by atoms with Gasteiger partial charge < -0.3 is 15.5 Å². The van der Waals surface area contributed by atoms with Crippen molar-refractivity contribution in [3.8, 4) is 0 Å². The third kappa shape index (κ3) is 7.26. The largest absolute Gasteiger partial charge is 0.478 e. The van der Waals surface area contributed by atoms with Crippen LogP contribution < -0.4 is 5.32 Å². The van der Waals surface area contributed by atoms with Crippen molar-refractivity contribution in [2.24, 2.45) is 0 Å². The number of hydrogen-bond acceptors (Lipinski definition) is 5. The first-order valence-corrected chi connectivity index (χ1v) is 12.9. The lowest BCUT2D eigenvalue weighted by Gasteiger charge is -2.18. The van der Waals surface area contributed by atoms with Crippen molar-refractivity contribution < 1.29 is 23.4 Å². The van der Waals surface area contributed by atoms with Gasteiger partial charge in [-0.3, -0.25) is 0 Å². The van der Waals surface area contributed by atoms with Crippen molar-refractivity contribution in [2.45, 2.75) is 42.2 Å². The zero-order valence-electron chi connectivity index (χ0n) is 19.5.